The second-order valence-electron chi connectivity index (χ2n) is 4.03. The molecular formula is C15H15BrFNS. The lowest BCUT2D eigenvalue weighted by Crippen LogP contribution is -2.01. The molecule has 0 heterocycles. The minimum Gasteiger partial charge on any atom is -0.380 e. The molecule has 0 radical (unpaired) electrons. The Balaban J connectivity index is 2.07. The van der Waals surface area contributed by atoms with Crippen molar-refractivity contribution >= 4 is 33.4 Å². The van der Waals surface area contributed by atoms with Crippen LogP contribution in [-0.2, 0) is 6.54 Å². The minimum absolute atomic E-state index is 0.226. The summed E-state index contributed by atoms with van der Waals surface area (Å²) >= 11 is 4.96. The second kappa shape index (κ2) is 6.96. The number of hydrogen-bond donors (Lipinski definition) is 1. The van der Waals surface area contributed by atoms with Crippen LogP contribution in [0.5, 0.6) is 0 Å². The zero-order valence-corrected chi connectivity index (χ0v) is 13.0. The van der Waals surface area contributed by atoms with Gasteiger partial charge in [0, 0.05) is 17.1 Å². The summed E-state index contributed by atoms with van der Waals surface area (Å²) in [7, 11) is 0. The third kappa shape index (κ3) is 3.98. The number of nitrogens with one attached hydrogen (secondary N) is 1. The Labute approximate surface area is 125 Å². The fraction of sp³-hybridized carbons (Fsp3) is 0.200. The summed E-state index contributed by atoms with van der Waals surface area (Å²) in [5, 5.41) is 3.36. The zero-order valence-electron chi connectivity index (χ0n) is 10.6. The zero-order chi connectivity index (χ0) is 13.7. The Kier molecular flexibility index (Phi) is 5.28. The lowest BCUT2D eigenvalue weighted by atomic mass is 10.2. The van der Waals surface area contributed by atoms with Crippen molar-refractivity contribution in [2.75, 3.05) is 11.1 Å². The van der Waals surface area contributed by atoms with Crippen molar-refractivity contribution in [2.24, 2.45) is 0 Å². The third-order valence-corrected chi connectivity index (χ3v) is 4.25. The van der Waals surface area contributed by atoms with Gasteiger partial charge in [0.05, 0.1) is 4.47 Å². The summed E-state index contributed by atoms with van der Waals surface area (Å²) in [5.41, 5.74) is 2.02. The van der Waals surface area contributed by atoms with Gasteiger partial charge >= 0.3 is 0 Å². The second-order valence-corrected chi connectivity index (χ2v) is 6.19. The topological polar surface area (TPSA) is 12.0 Å². The third-order valence-electron chi connectivity index (χ3n) is 2.65. The summed E-state index contributed by atoms with van der Waals surface area (Å²) in [4.78, 5) is 1.22. The van der Waals surface area contributed by atoms with Crippen molar-refractivity contribution in [1.29, 1.82) is 0 Å². The highest BCUT2D eigenvalue weighted by molar-refractivity contribution is 9.10. The number of para-hydroxylation sites is 1. The van der Waals surface area contributed by atoms with Crippen molar-refractivity contribution in [3.63, 3.8) is 0 Å². The Morgan fingerprint density at radius 2 is 2.00 bits per heavy atom. The first kappa shape index (κ1) is 14.4. The molecule has 1 N–H and O–H groups in total. The average Bonchev–Trinajstić information content (AvgIpc) is 2.42. The number of thioether (sulfide) groups is 1. The van der Waals surface area contributed by atoms with Gasteiger partial charge in [-0.15, -0.1) is 11.8 Å². The van der Waals surface area contributed by atoms with Crippen molar-refractivity contribution in [3.8, 4) is 0 Å². The fourth-order valence-electron chi connectivity index (χ4n) is 1.74. The maximum atomic E-state index is 13.4. The summed E-state index contributed by atoms with van der Waals surface area (Å²) in [6.45, 7) is 2.75. The maximum Gasteiger partial charge on any atom is 0.137 e. The molecule has 0 aliphatic rings. The molecule has 0 atom stereocenters. The molecule has 100 valence electrons. The molecule has 2 aromatic carbocycles. The number of benzene rings is 2. The highest BCUT2D eigenvalue weighted by Crippen LogP contribution is 2.27. The predicted molar refractivity (Wildman–Crippen MR) is 84.3 cm³/mol. The van der Waals surface area contributed by atoms with Crippen molar-refractivity contribution in [1.82, 2.24) is 0 Å². The van der Waals surface area contributed by atoms with Crippen molar-refractivity contribution in [2.45, 2.75) is 18.4 Å². The van der Waals surface area contributed by atoms with Crippen LogP contribution in [0, 0.1) is 5.82 Å². The molecule has 0 bridgehead atoms. The van der Waals surface area contributed by atoms with Crippen LogP contribution in [0.3, 0.4) is 0 Å². The molecule has 0 spiro atoms. The summed E-state index contributed by atoms with van der Waals surface area (Å²) in [6, 6.07) is 13.4. The maximum absolute atomic E-state index is 13.4. The van der Waals surface area contributed by atoms with Gasteiger partial charge in [-0.3, -0.25) is 0 Å². The van der Waals surface area contributed by atoms with Gasteiger partial charge in [-0.25, -0.2) is 4.39 Å². The molecule has 0 unspecified atom stereocenters. The summed E-state index contributed by atoms with van der Waals surface area (Å²) in [6.07, 6.45) is 0. The van der Waals surface area contributed by atoms with Crippen LogP contribution >= 0.6 is 27.7 Å². The quantitative estimate of drug-likeness (QED) is 0.740. The van der Waals surface area contributed by atoms with E-state index in [1.807, 2.05) is 24.3 Å². The fourth-order valence-corrected chi connectivity index (χ4v) is 2.77. The van der Waals surface area contributed by atoms with E-state index in [9.17, 15) is 4.39 Å². The average molecular weight is 340 g/mol. The normalized spacial score (nSPS) is 10.5. The van der Waals surface area contributed by atoms with E-state index in [-0.39, 0.29) is 5.82 Å². The number of hydrogen-bond acceptors (Lipinski definition) is 2. The highest BCUT2D eigenvalue weighted by atomic mass is 79.9. The largest absolute Gasteiger partial charge is 0.380 e. The number of halogens is 2. The summed E-state index contributed by atoms with van der Waals surface area (Å²) < 4.78 is 13.9. The van der Waals surface area contributed by atoms with Crippen LogP contribution in [0.2, 0.25) is 0 Å². The number of rotatable bonds is 5. The molecule has 2 aromatic rings. The van der Waals surface area contributed by atoms with E-state index >= 15 is 0 Å². The first-order chi connectivity index (χ1) is 9.20. The minimum atomic E-state index is -0.226. The smallest absolute Gasteiger partial charge is 0.137 e. The van der Waals surface area contributed by atoms with Gasteiger partial charge < -0.3 is 5.32 Å². The Morgan fingerprint density at radius 3 is 2.74 bits per heavy atom. The molecular weight excluding hydrogens is 325 g/mol. The van der Waals surface area contributed by atoms with E-state index in [0.29, 0.717) is 11.0 Å². The van der Waals surface area contributed by atoms with E-state index < -0.39 is 0 Å². The number of anilines is 1. The molecule has 1 nitrogen and oxygen atoms in total. The van der Waals surface area contributed by atoms with Gasteiger partial charge in [0.15, 0.2) is 0 Å². The standard InChI is InChI=1S/C15H15BrFNS/c1-2-19-15-6-4-3-5-14(15)18-10-11-7-8-12(16)13(17)9-11/h3-9,18H,2,10H2,1H3. The molecule has 4 heteroatoms. The Bertz CT molecular complexity index is 560. The highest BCUT2D eigenvalue weighted by Gasteiger charge is 2.03. The van der Waals surface area contributed by atoms with Crippen LogP contribution in [0.4, 0.5) is 10.1 Å². The van der Waals surface area contributed by atoms with E-state index in [1.165, 1.54) is 4.90 Å². The van der Waals surface area contributed by atoms with Gasteiger partial charge in [0.2, 0.25) is 0 Å². The van der Waals surface area contributed by atoms with Crippen LogP contribution in [-0.4, -0.2) is 5.75 Å². The molecule has 19 heavy (non-hydrogen) atoms. The molecule has 0 fully saturated rings. The predicted octanol–water partition coefficient (Wildman–Crippen LogP) is 5.31. The van der Waals surface area contributed by atoms with E-state index in [1.54, 1.807) is 23.9 Å². The van der Waals surface area contributed by atoms with Gasteiger partial charge in [-0.2, -0.15) is 0 Å². The van der Waals surface area contributed by atoms with Crippen molar-refractivity contribution in [3.05, 3.63) is 58.3 Å². The van der Waals surface area contributed by atoms with Crippen LogP contribution in [0.1, 0.15) is 12.5 Å². The summed E-state index contributed by atoms with van der Waals surface area (Å²) in [5.74, 6) is 0.807. The van der Waals surface area contributed by atoms with Crippen molar-refractivity contribution < 1.29 is 4.39 Å². The lowest BCUT2D eigenvalue weighted by molar-refractivity contribution is 0.619. The van der Waals surface area contributed by atoms with E-state index in [2.05, 4.69) is 34.2 Å². The first-order valence-corrected chi connectivity index (χ1v) is 7.88. The monoisotopic (exact) mass is 339 g/mol. The van der Waals surface area contributed by atoms with E-state index in [4.69, 9.17) is 0 Å². The Morgan fingerprint density at radius 1 is 1.21 bits per heavy atom. The molecule has 0 saturated heterocycles. The first-order valence-electron chi connectivity index (χ1n) is 6.10. The SMILES string of the molecule is CCSc1ccccc1NCc1ccc(Br)c(F)c1. The Hall–Kier alpha value is -1.000. The molecule has 2 rings (SSSR count). The molecule has 0 amide bonds. The van der Waals surface area contributed by atoms with Crippen LogP contribution in [0.25, 0.3) is 0 Å². The molecule has 0 aliphatic carbocycles. The molecule has 0 aromatic heterocycles. The van der Waals surface area contributed by atoms with Crippen LogP contribution in [0.15, 0.2) is 51.8 Å². The lowest BCUT2D eigenvalue weighted by Gasteiger charge is -2.11. The van der Waals surface area contributed by atoms with Gasteiger partial charge in [0.25, 0.3) is 0 Å². The van der Waals surface area contributed by atoms with Crippen LogP contribution < -0.4 is 5.32 Å². The molecule has 0 aliphatic heterocycles. The van der Waals surface area contributed by atoms with Gasteiger partial charge in [0.1, 0.15) is 5.82 Å². The van der Waals surface area contributed by atoms with Gasteiger partial charge in [-0.1, -0.05) is 25.1 Å². The van der Waals surface area contributed by atoms with E-state index in [0.717, 1.165) is 17.0 Å². The van der Waals surface area contributed by atoms with Gasteiger partial charge in [-0.05, 0) is 51.5 Å². The molecule has 0 saturated carbocycles.